The van der Waals surface area contributed by atoms with Crippen LogP contribution in [0.5, 0.6) is 0 Å². The van der Waals surface area contributed by atoms with Crippen LogP contribution in [-0.2, 0) is 0 Å². The van der Waals surface area contributed by atoms with Gasteiger partial charge in [-0.3, -0.25) is 0 Å². The molecule has 1 nitrogen and oxygen atoms in total. The van der Waals surface area contributed by atoms with Crippen LogP contribution in [0, 0.1) is 0 Å². The summed E-state index contributed by atoms with van der Waals surface area (Å²) in [6.07, 6.45) is -0.442. The number of benzene rings is 1. The Kier molecular flexibility index (Phi) is 3.26. The van der Waals surface area contributed by atoms with Gasteiger partial charge in [0.1, 0.15) is 0 Å². The van der Waals surface area contributed by atoms with Gasteiger partial charge in [-0.15, -0.1) is 0 Å². The van der Waals surface area contributed by atoms with E-state index in [-0.39, 0.29) is 5.92 Å². The van der Waals surface area contributed by atoms with Crippen molar-refractivity contribution >= 4 is 0 Å². The van der Waals surface area contributed by atoms with Crippen LogP contribution in [0.3, 0.4) is 0 Å². The maximum atomic E-state index is 9.75. The van der Waals surface area contributed by atoms with Crippen molar-refractivity contribution < 1.29 is 5.11 Å². The minimum absolute atomic E-state index is 0.124. The minimum atomic E-state index is -0.442. The molecule has 0 aliphatic heterocycles. The van der Waals surface area contributed by atoms with Crippen molar-refractivity contribution in [2.45, 2.75) is 25.9 Å². The van der Waals surface area contributed by atoms with E-state index in [1.807, 2.05) is 44.2 Å². The molecule has 0 unspecified atom stereocenters. The lowest BCUT2D eigenvalue weighted by molar-refractivity contribution is 0.185. The van der Waals surface area contributed by atoms with Crippen LogP contribution in [0.2, 0.25) is 0 Å². The van der Waals surface area contributed by atoms with Gasteiger partial charge in [-0.1, -0.05) is 49.4 Å². The fraction of sp³-hybridized carbons (Fsp3) is 0.333. The molecule has 0 spiro atoms. The normalized spacial score (nSPS) is 15.0. The summed E-state index contributed by atoms with van der Waals surface area (Å²) in [7, 11) is 0. The number of hydrogen-bond acceptors (Lipinski definition) is 1. The van der Waals surface area contributed by atoms with E-state index < -0.39 is 6.10 Å². The van der Waals surface area contributed by atoms with Crippen molar-refractivity contribution in [2.24, 2.45) is 0 Å². The summed E-state index contributed by atoms with van der Waals surface area (Å²) in [5, 5.41) is 9.75. The van der Waals surface area contributed by atoms with E-state index in [9.17, 15) is 5.11 Å². The molecule has 0 aliphatic carbocycles. The molecule has 0 aromatic heterocycles. The molecule has 0 fully saturated rings. The Bertz CT molecular complexity index is 276. The highest BCUT2D eigenvalue weighted by molar-refractivity contribution is 5.22. The predicted octanol–water partition coefficient (Wildman–Crippen LogP) is 2.73. The number of rotatable bonds is 3. The van der Waals surface area contributed by atoms with Gasteiger partial charge in [0, 0.05) is 5.92 Å². The SMILES string of the molecule is C=C(C)[C@H](O)[C@@H](C)c1ccccc1. The molecule has 0 radical (unpaired) electrons. The molecule has 2 atom stereocenters. The fourth-order valence-electron chi connectivity index (χ4n) is 1.37. The zero-order valence-electron chi connectivity index (χ0n) is 8.20. The van der Waals surface area contributed by atoms with E-state index in [1.165, 1.54) is 0 Å². The Morgan fingerprint density at radius 3 is 2.31 bits per heavy atom. The molecule has 13 heavy (non-hydrogen) atoms. The maximum Gasteiger partial charge on any atom is 0.0810 e. The molecule has 1 N–H and O–H groups in total. The maximum absolute atomic E-state index is 9.75. The highest BCUT2D eigenvalue weighted by Crippen LogP contribution is 2.22. The Morgan fingerprint density at radius 1 is 1.31 bits per heavy atom. The molecule has 1 rings (SSSR count). The standard InChI is InChI=1S/C12H16O/c1-9(2)12(13)10(3)11-7-5-4-6-8-11/h4-8,10,12-13H,1H2,2-3H3/t10-,12-/m0/s1. The zero-order valence-corrected chi connectivity index (χ0v) is 8.20. The van der Waals surface area contributed by atoms with Gasteiger partial charge in [0.25, 0.3) is 0 Å². The molecule has 1 aromatic carbocycles. The smallest absolute Gasteiger partial charge is 0.0810 e. The molecule has 0 saturated heterocycles. The van der Waals surface area contributed by atoms with Gasteiger partial charge in [-0.25, -0.2) is 0 Å². The summed E-state index contributed by atoms with van der Waals surface area (Å²) in [6, 6.07) is 9.99. The van der Waals surface area contributed by atoms with Gasteiger partial charge in [-0.2, -0.15) is 0 Å². The van der Waals surface area contributed by atoms with Crippen LogP contribution < -0.4 is 0 Å². The minimum Gasteiger partial charge on any atom is -0.388 e. The second-order valence-electron chi connectivity index (χ2n) is 3.49. The number of hydrogen-bond donors (Lipinski definition) is 1. The van der Waals surface area contributed by atoms with E-state index in [0.29, 0.717) is 0 Å². The Morgan fingerprint density at radius 2 is 1.85 bits per heavy atom. The Hall–Kier alpha value is -1.08. The first-order valence-electron chi connectivity index (χ1n) is 4.51. The van der Waals surface area contributed by atoms with Crippen LogP contribution >= 0.6 is 0 Å². The number of aliphatic hydroxyl groups excluding tert-OH is 1. The van der Waals surface area contributed by atoms with E-state index in [2.05, 4.69) is 6.58 Å². The lowest BCUT2D eigenvalue weighted by atomic mass is 9.92. The van der Waals surface area contributed by atoms with Crippen molar-refractivity contribution in [3.63, 3.8) is 0 Å². The van der Waals surface area contributed by atoms with Crippen LogP contribution in [0.15, 0.2) is 42.5 Å². The lowest BCUT2D eigenvalue weighted by Gasteiger charge is -2.19. The summed E-state index contributed by atoms with van der Waals surface area (Å²) in [5.74, 6) is 0.124. The van der Waals surface area contributed by atoms with Gasteiger partial charge < -0.3 is 5.11 Å². The van der Waals surface area contributed by atoms with Gasteiger partial charge in [0.05, 0.1) is 6.10 Å². The third-order valence-corrected chi connectivity index (χ3v) is 2.30. The molecular formula is C12H16O. The highest BCUT2D eigenvalue weighted by Gasteiger charge is 2.15. The highest BCUT2D eigenvalue weighted by atomic mass is 16.3. The molecular weight excluding hydrogens is 160 g/mol. The molecule has 0 bridgehead atoms. The second kappa shape index (κ2) is 4.24. The van der Waals surface area contributed by atoms with Gasteiger partial charge in [-0.05, 0) is 12.5 Å². The molecule has 0 aliphatic rings. The Labute approximate surface area is 79.7 Å². The average Bonchev–Trinajstić information content (AvgIpc) is 2.17. The van der Waals surface area contributed by atoms with Crippen molar-refractivity contribution in [1.82, 2.24) is 0 Å². The zero-order chi connectivity index (χ0) is 9.84. The van der Waals surface area contributed by atoms with Crippen LogP contribution in [-0.4, -0.2) is 11.2 Å². The first-order chi connectivity index (χ1) is 6.13. The number of aliphatic hydroxyl groups is 1. The molecule has 70 valence electrons. The molecule has 0 saturated carbocycles. The summed E-state index contributed by atoms with van der Waals surface area (Å²) in [4.78, 5) is 0. The van der Waals surface area contributed by atoms with Crippen LogP contribution in [0.1, 0.15) is 25.3 Å². The summed E-state index contributed by atoms with van der Waals surface area (Å²) in [5.41, 5.74) is 1.97. The topological polar surface area (TPSA) is 20.2 Å². The van der Waals surface area contributed by atoms with Crippen molar-refractivity contribution in [2.75, 3.05) is 0 Å². The Balaban J connectivity index is 2.79. The molecule has 1 heteroatoms. The van der Waals surface area contributed by atoms with E-state index in [4.69, 9.17) is 0 Å². The van der Waals surface area contributed by atoms with E-state index >= 15 is 0 Å². The molecule has 1 aromatic rings. The first-order valence-corrected chi connectivity index (χ1v) is 4.51. The average molecular weight is 176 g/mol. The van der Waals surface area contributed by atoms with Gasteiger partial charge in [0.2, 0.25) is 0 Å². The quantitative estimate of drug-likeness (QED) is 0.702. The summed E-state index contributed by atoms with van der Waals surface area (Å²) >= 11 is 0. The van der Waals surface area contributed by atoms with Crippen LogP contribution in [0.25, 0.3) is 0 Å². The van der Waals surface area contributed by atoms with E-state index in [1.54, 1.807) is 0 Å². The molecule has 0 amide bonds. The fourth-order valence-corrected chi connectivity index (χ4v) is 1.37. The summed E-state index contributed by atoms with van der Waals surface area (Å²) in [6.45, 7) is 7.61. The summed E-state index contributed by atoms with van der Waals surface area (Å²) < 4.78 is 0. The van der Waals surface area contributed by atoms with Crippen LogP contribution in [0.4, 0.5) is 0 Å². The molecule has 0 heterocycles. The van der Waals surface area contributed by atoms with Crippen molar-refractivity contribution in [1.29, 1.82) is 0 Å². The third-order valence-electron chi connectivity index (χ3n) is 2.30. The largest absolute Gasteiger partial charge is 0.388 e. The van der Waals surface area contributed by atoms with Crippen molar-refractivity contribution in [3.05, 3.63) is 48.0 Å². The second-order valence-corrected chi connectivity index (χ2v) is 3.49. The monoisotopic (exact) mass is 176 g/mol. The third kappa shape index (κ3) is 2.43. The van der Waals surface area contributed by atoms with E-state index in [0.717, 1.165) is 11.1 Å². The van der Waals surface area contributed by atoms with Gasteiger partial charge >= 0.3 is 0 Å². The van der Waals surface area contributed by atoms with Gasteiger partial charge in [0.15, 0.2) is 0 Å². The predicted molar refractivity (Wildman–Crippen MR) is 55.7 cm³/mol. The van der Waals surface area contributed by atoms with Crippen molar-refractivity contribution in [3.8, 4) is 0 Å². The first kappa shape index (κ1) is 10.0. The lowest BCUT2D eigenvalue weighted by Crippen LogP contribution is -2.16.